The minimum atomic E-state index is 0. The molecule has 1 aliphatic heterocycles. The van der Waals surface area contributed by atoms with Crippen molar-refractivity contribution in [3.8, 4) is 11.3 Å². The van der Waals surface area contributed by atoms with E-state index >= 15 is 0 Å². The first-order valence-corrected chi connectivity index (χ1v) is 8.76. The fourth-order valence-electron chi connectivity index (χ4n) is 3.82. The monoisotopic (exact) mass is 391 g/mol. The maximum Gasteiger partial charge on any atom is 0.0497 e. The van der Waals surface area contributed by atoms with Gasteiger partial charge in [-0.15, -0.1) is 24.8 Å². The Kier molecular flexibility index (Phi) is 7.13. The summed E-state index contributed by atoms with van der Waals surface area (Å²) in [5.74, 6) is 0. The molecule has 0 spiro atoms. The smallest absolute Gasteiger partial charge is 0.0497 e. The van der Waals surface area contributed by atoms with Crippen molar-refractivity contribution in [3.63, 3.8) is 0 Å². The van der Waals surface area contributed by atoms with Gasteiger partial charge in [0.25, 0.3) is 0 Å². The van der Waals surface area contributed by atoms with Gasteiger partial charge in [0.05, 0.1) is 0 Å². The molecule has 1 aliphatic rings. The van der Waals surface area contributed by atoms with E-state index in [0.717, 1.165) is 26.1 Å². The maximum absolute atomic E-state index is 3.66. The summed E-state index contributed by atoms with van der Waals surface area (Å²) in [6.07, 6.45) is 1.08. The van der Waals surface area contributed by atoms with Gasteiger partial charge in [-0.05, 0) is 37.7 Å². The zero-order valence-electron chi connectivity index (χ0n) is 15.3. The lowest BCUT2D eigenvalue weighted by Gasteiger charge is -2.38. The number of likely N-dealkylation sites (N-methyl/N-ethyl adjacent to an activating group) is 2. The van der Waals surface area contributed by atoms with Crippen LogP contribution in [-0.4, -0.2) is 54.6 Å². The van der Waals surface area contributed by atoms with Gasteiger partial charge in [-0.1, -0.05) is 48.5 Å². The van der Waals surface area contributed by atoms with Crippen LogP contribution in [0.2, 0.25) is 0 Å². The molecule has 3 aromatic rings. The first-order valence-electron chi connectivity index (χ1n) is 8.76. The van der Waals surface area contributed by atoms with Crippen molar-refractivity contribution >= 4 is 35.7 Å². The van der Waals surface area contributed by atoms with E-state index in [1.807, 2.05) is 0 Å². The molecule has 3 nitrogen and oxygen atoms in total. The van der Waals surface area contributed by atoms with Crippen molar-refractivity contribution in [2.24, 2.45) is 0 Å². The zero-order chi connectivity index (χ0) is 16.5. The van der Waals surface area contributed by atoms with Crippen molar-refractivity contribution in [2.75, 3.05) is 33.7 Å². The molecule has 2 aromatic carbocycles. The zero-order valence-corrected chi connectivity index (χ0v) is 16.9. The van der Waals surface area contributed by atoms with E-state index in [4.69, 9.17) is 0 Å². The number of hydrogen-bond acceptors (Lipinski definition) is 2. The number of aromatic amines is 1. The number of nitrogens with zero attached hydrogens (tertiary/aromatic N) is 2. The number of benzene rings is 2. The van der Waals surface area contributed by atoms with Crippen LogP contribution in [0.4, 0.5) is 0 Å². The Balaban J connectivity index is 0.00000121. The number of halogens is 2. The second-order valence-corrected chi connectivity index (χ2v) is 6.99. The van der Waals surface area contributed by atoms with E-state index < -0.39 is 0 Å². The number of aromatic nitrogens is 1. The van der Waals surface area contributed by atoms with Crippen LogP contribution in [0, 0.1) is 0 Å². The van der Waals surface area contributed by atoms with E-state index in [9.17, 15) is 0 Å². The van der Waals surface area contributed by atoms with Crippen molar-refractivity contribution < 1.29 is 0 Å². The summed E-state index contributed by atoms with van der Waals surface area (Å²) < 4.78 is 0. The Labute approximate surface area is 168 Å². The van der Waals surface area contributed by atoms with Gasteiger partial charge in [0.1, 0.15) is 0 Å². The first kappa shape index (κ1) is 20.8. The third-order valence-electron chi connectivity index (χ3n) is 5.30. The van der Waals surface area contributed by atoms with Crippen molar-refractivity contribution in [1.82, 2.24) is 14.8 Å². The van der Waals surface area contributed by atoms with Crippen LogP contribution in [0.15, 0.2) is 54.6 Å². The Morgan fingerprint density at radius 1 is 0.923 bits per heavy atom. The molecule has 26 heavy (non-hydrogen) atoms. The fraction of sp³-hybridized carbons (Fsp3) is 0.333. The molecule has 5 heteroatoms. The number of piperazine rings is 1. The van der Waals surface area contributed by atoms with Crippen LogP contribution in [-0.2, 0) is 6.42 Å². The standard InChI is InChI=1S/C21H25N3.2ClH/c1-23-12-13-24(2)17(15-23)14-19-18-10-6-7-11-20(18)22-21(19)16-8-4-3-5-9-16;;/h3-11,17,22H,12-15H2,1-2H3;2*1H/t17-;;/m0../s1. The number of fused-ring (bicyclic) bond motifs is 1. The Bertz CT molecular complexity index is 832. The molecule has 0 bridgehead atoms. The van der Waals surface area contributed by atoms with Crippen LogP contribution in [0.1, 0.15) is 5.56 Å². The Morgan fingerprint density at radius 3 is 2.38 bits per heavy atom. The molecular formula is C21H27Cl2N3. The van der Waals surface area contributed by atoms with E-state index in [0.29, 0.717) is 6.04 Å². The molecule has 140 valence electrons. The molecule has 0 aliphatic carbocycles. The summed E-state index contributed by atoms with van der Waals surface area (Å²) in [7, 11) is 4.49. The number of para-hydroxylation sites is 1. The van der Waals surface area contributed by atoms with E-state index in [-0.39, 0.29) is 24.8 Å². The molecule has 4 rings (SSSR count). The van der Waals surface area contributed by atoms with E-state index in [1.165, 1.54) is 27.7 Å². The van der Waals surface area contributed by atoms with Gasteiger partial charge in [0, 0.05) is 42.3 Å². The maximum atomic E-state index is 3.66. The van der Waals surface area contributed by atoms with Gasteiger partial charge in [0.2, 0.25) is 0 Å². The summed E-state index contributed by atoms with van der Waals surface area (Å²) in [4.78, 5) is 8.62. The summed E-state index contributed by atoms with van der Waals surface area (Å²) in [6.45, 7) is 3.43. The number of nitrogens with one attached hydrogen (secondary N) is 1. The molecule has 1 atom stereocenters. The van der Waals surface area contributed by atoms with E-state index in [2.05, 4.69) is 83.5 Å². The second-order valence-electron chi connectivity index (χ2n) is 6.99. The highest BCUT2D eigenvalue weighted by Crippen LogP contribution is 2.32. The van der Waals surface area contributed by atoms with Crippen LogP contribution in [0.3, 0.4) is 0 Å². The molecular weight excluding hydrogens is 365 g/mol. The molecule has 2 heterocycles. The lowest BCUT2D eigenvalue weighted by atomic mass is 9.97. The van der Waals surface area contributed by atoms with Gasteiger partial charge >= 0.3 is 0 Å². The third kappa shape index (κ3) is 4.07. The molecule has 1 aromatic heterocycles. The minimum absolute atomic E-state index is 0. The topological polar surface area (TPSA) is 22.3 Å². The summed E-state index contributed by atoms with van der Waals surface area (Å²) in [5, 5.41) is 1.36. The predicted molar refractivity (Wildman–Crippen MR) is 116 cm³/mol. The van der Waals surface area contributed by atoms with Gasteiger partial charge < -0.3 is 14.8 Å². The lowest BCUT2D eigenvalue weighted by Crippen LogP contribution is -2.50. The van der Waals surface area contributed by atoms with Crippen LogP contribution >= 0.6 is 24.8 Å². The SMILES string of the molecule is CN1CCN(C)[C@@H](Cc2c(-c3ccccc3)[nH]c3ccccc23)C1.Cl.Cl. The third-order valence-corrected chi connectivity index (χ3v) is 5.30. The second kappa shape index (κ2) is 8.92. The van der Waals surface area contributed by atoms with Crippen molar-refractivity contribution in [3.05, 3.63) is 60.2 Å². The summed E-state index contributed by atoms with van der Waals surface area (Å²) in [5.41, 5.74) is 5.23. The number of H-pyrrole nitrogens is 1. The molecule has 0 amide bonds. The van der Waals surface area contributed by atoms with Crippen molar-refractivity contribution in [1.29, 1.82) is 0 Å². The summed E-state index contributed by atoms with van der Waals surface area (Å²) in [6, 6.07) is 20.0. The molecule has 0 radical (unpaired) electrons. The molecule has 1 fully saturated rings. The quantitative estimate of drug-likeness (QED) is 0.711. The fourth-order valence-corrected chi connectivity index (χ4v) is 3.82. The lowest BCUT2D eigenvalue weighted by molar-refractivity contribution is 0.115. The largest absolute Gasteiger partial charge is 0.354 e. The minimum Gasteiger partial charge on any atom is -0.354 e. The van der Waals surface area contributed by atoms with Crippen LogP contribution in [0.25, 0.3) is 22.2 Å². The number of hydrogen-bond donors (Lipinski definition) is 1. The average molecular weight is 392 g/mol. The highest BCUT2D eigenvalue weighted by molar-refractivity contribution is 5.90. The van der Waals surface area contributed by atoms with E-state index in [1.54, 1.807) is 0 Å². The van der Waals surface area contributed by atoms with Gasteiger partial charge in [-0.25, -0.2) is 0 Å². The highest BCUT2D eigenvalue weighted by Gasteiger charge is 2.25. The molecule has 0 saturated carbocycles. The number of rotatable bonds is 3. The molecule has 1 saturated heterocycles. The van der Waals surface area contributed by atoms with Crippen molar-refractivity contribution in [2.45, 2.75) is 12.5 Å². The highest BCUT2D eigenvalue weighted by atomic mass is 35.5. The van der Waals surface area contributed by atoms with Gasteiger partial charge in [-0.3, -0.25) is 0 Å². The molecule has 1 N–H and O–H groups in total. The average Bonchev–Trinajstić information content (AvgIpc) is 2.98. The van der Waals surface area contributed by atoms with Gasteiger partial charge in [-0.2, -0.15) is 0 Å². The summed E-state index contributed by atoms with van der Waals surface area (Å²) >= 11 is 0. The molecule has 0 unspecified atom stereocenters. The Morgan fingerprint density at radius 2 is 1.62 bits per heavy atom. The predicted octanol–water partition coefficient (Wildman–Crippen LogP) is 4.47. The normalized spacial score (nSPS) is 18.3. The Hall–Kier alpha value is -1.52. The van der Waals surface area contributed by atoms with Gasteiger partial charge in [0.15, 0.2) is 0 Å². The van der Waals surface area contributed by atoms with Crippen LogP contribution < -0.4 is 0 Å². The van der Waals surface area contributed by atoms with Crippen LogP contribution in [0.5, 0.6) is 0 Å². The first-order chi connectivity index (χ1) is 11.7.